The summed E-state index contributed by atoms with van der Waals surface area (Å²) in [7, 11) is -2.90. The van der Waals surface area contributed by atoms with E-state index >= 15 is 0 Å². The number of halogens is 1. The van der Waals surface area contributed by atoms with E-state index in [0.717, 1.165) is 16.4 Å². The zero-order chi connectivity index (χ0) is 16.8. The van der Waals surface area contributed by atoms with Gasteiger partial charge in [0.05, 0.1) is 12.2 Å². The van der Waals surface area contributed by atoms with Crippen molar-refractivity contribution in [2.45, 2.75) is 24.8 Å². The maximum absolute atomic E-state index is 14.3. The Morgan fingerprint density at radius 3 is 2.45 bits per heavy atom. The van der Waals surface area contributed by atoms with Crippen molar-refractivity contribution in [1.82, 2.24) is 9.21 Å². The molecule has 1 aromatic rings. The van der Waals surface area contributed by atoms with Crippen LogP contribution in [0.25, 0.3) is 0 Å². The summed E-state index contributed by atoms with van der Waals surface area (Å²) in [5.41, 5.74) is -0.422. The van der Waals surface area contributed by atoms with E-state index in [1.165, 1.54) is 25.8 Å². The molecule has 1 unspecified atom stereocenters. The van der Waals surface area contributed by atoms with Crippen LogP contribution in [-0.2, 0) is 14.8 Å². The lowest BCUT2D eigenvalue weighted by molar-refractivity contribution is -0.127. The van der Waals surface area contributed by atoms with Crippen molar-refractivity contribution < 1.29 is 27.5 Å². The molecule has 0 radical (unpaired) electrons. The Hall–Kier alpha value is -2.00. The van der Waals surface area contributed by atoms with Crippen molar-refractivity contribution in [3.63, 3.8) is 0 Å². The maximum Gasteiger partial charge on any atom is 0.338 e. The molecule has 0 spiro atoms. The third kappa shape index (κ3) is 2.46. The standard InChI is InChI=1S/C13H15FN2O5S/c1-7-4-9(13(18)19)11(14)10(5-7)22(20,21)16-6-15(3)12(17)8(16)2/h4-5,8H,6H2,1-3H3,(H,18,19). The van der Waals surface area contributed by atoms with Gasteiger partial charge in [0.2, 0.25) is 15.9 Å². The lowest BCUT2D eigenvalue weighted by Gasteiger charge is -2.19. The monoisotopic (exact) mass is 330 g/mol. The summed E-state index contributed by atoms with van der Waals surface area (Å²) in [5, 5.41) is 8.97. The quantitative estimate of drug-likeness (QED) is 0.877. The number of sulfonamides is 1. The molecule has 1 fully saturated rings. The number of nitrogens with zero attached hydrogens (tertiary/aromatic N) is 2. The van der Waals surface area contributed by atoms with Gasteiger partial charge in [-0.3, -0.25) is 4.79 Å². The Kier molecular flexibility index (Phi) is 3.96. The molecule has 1 N–H and O–H groups in total. The molecule has 0 aliphatic carbocycles. The number of amides is 1. The van der Waals surface area contributed by atoms with Gasteiger partial charge in [0.1, 0.15) is 10.9 Å². The van der Waals surface area contributed by atoms with Crippen LogP contribution in [-0.4, -0.2) is 54.4 Å². The Balaban J connectivity index is 2.61. The van der Waals surface area contributed by atoms with Crippen LogP contribution in [0.1, 0.15) is 22.8 Å². The SMILES string of the molecule is Cc1cc(C(=O)O)c(F)c(S(=O)(=O)N2CN(C)C(=O)C2C)c1. The summed E-state index contributed by atoms with van der Waals surface area (Å²) in [4.78, 5) is 23.3. The number of hydrogen-bond donors (Lipinski definition) is 1. The molecule has 2 rings (SSSR count). The third-order valence-corrected chi connectivity index (χ3v) is 5.42. The zero-order valence-electron chi connectivity index (χ0n) is 12.2. The van der Waals surface area contributed by atoms with Gasteiger partial charge < -0.3 is 10.0 Å². The van der Waals surface area contributed by atoms with Crippen LogP contribution in [0.4, 0.5) is 4.39 Å². The fourth-order valence-corrected chi connectivity index (χ4v) is 4.09. The van der Waals surface area contributed by atoms with Crippen molar-refractivity contribution >= 4 is 21.9 Å². The van der Waals surface area contributed by atoms with Crippen LogP contribution in [0.2, 0.25) is 0 Å². The molecule has 9 heteroatoms. The first-order chi connectivity index (χ1) is 10.1. The van der Waals surface area contributed by atoms with Crippen LogP contribution in [0.5, 0.6) is 0 Å². The van der Waals surface area contributed by atoms with Crippen LogP contribution in [0.3, 0.4) is 0 Å². The van der Waals surface area contributed by atoms with Crippen LogP contribution in [0.15, 0.2) is 17.0 Å². The number of hydrogen-bond acceptors (Lipinski definition) is 4. The van der Waals surface area contributed by atoms with Crippen molar-refractivity contribution in [3.05, 3.63) is 29.1 Å². The minimum absolute atomic E-state index is 0.210. The predicted octanol–water partition coefficient (Wildman–Crippen LogP) is 0.641. The second-order valence-corrected chi connectivity index (χ2v) is 7.03. The third-order valence-electron chi connectivity index (χ3n) is 3.52. The van der Waals surface area contributed by atoms with Gasteiger partial charge in [-0.05, 0) is 31.5 Å². The van der Waals surface area contributed by atoms with E-state index in [1.54, 1.807) is 0 Å². The number of likely N-dealkylation sites (N-methyl/N-ethyl adjacent to an activating group) is 1. The van der Waals surface area contributed by atoms with E-state index in [-0.39, 0.29) is 6.67 Å². The highest BCUT2D eigenvalue weighted by atomic mass is 32.2. The van der Waals surface area contributed by atoms with Crippen molar-refractivity contribution in [2.24, 2.45) is 0 Å². The Labute approximate surface area is 127 Å². The summed E-state index contributed by atoms with van der Waals surface area (Å²) in [6.45, 7) is 2.66. The molecule has 0 bridgehead atoms. The topological polar surface area (TPSA) is 95.0 Å². The van der Waals surface area contributed by atoms with E-state index in [1.807, 2.05) is 0 Å². The summed E-state index contributed by atoms with van der Waals surface area (Å²) in [6, 6.07) is 1.15. The van der Waals surface area contributed by atoms with E-state index in [0.29, 0.717) is 5.56 Å². The molecule has 1 saturated heterocycles. The molecule has 1 atom stereocenters. The number of aryl methyl sites for hydroxylation is 1. The maximum atomic E-state index is 14.3. The predicted molar refractivity (Wildman–Crippen MR) is 74.2 cm³/mol. The van der Waals surface area contributed by atoms with Crippen molar-refractivity contribution in [3.8, 4) is 0 Å². The summed E-state index contributed by atoms with van der Waals surface area (Å²) < 4.78 is 40.3. The highest BCUT2D eigenvalue weighted by Gasteiger charge is 2.42. The summed E-state index contributed by atoms with van der Waals surface area (Å²) >= 11 is 0. The lowest BCUT2D eigenvalue weighted by Crippen LogP contribution is -2.36. The van der Waals surface area contributed by atoms with Gasteiger partial charge in [0.25, 0.3) is 0 Å². The second kappa shape index (κ2) is 5.33. The van der Waals surface area contributed by atoms with E-state index < -0.39 is 44.2 Å². The van der Waals surface area contributed by atoms with Gasteiger partial charge in [-0.1, -0.05) is 0 Å². The number of rotatable bonds is 3. The van der Waals surface area contributed by atoms with Gasteiger partial charge in [0.15, 0.2) is 5.82 Å². The smallest absolute Gasteiger partial charge is 0.338 e. The molecule has 1 heterocycles. The van der Waals surface area contributed by atoms with Crippen molar-refractivity contribution in [1.29, 1.82) is 0 Å². The highest BCUT2D eigenvalue weighted by Crippen LogP contribution is 2.28. The molecule has 120 valence electrons. The molecular weight excluding hydrogens is 315 g/mol. The van der Waals surface area contributed by atoms with E-state index in [4.69, 9.17) is 5.11 Å². The minimum atomic E-state index is -4.33. The zero-order valence-corrected chi connectivity index (χ0v) is 13.0. The normalized spacial score (nSPS) is 19.7. The van der Waals surface area contributed by atoms with Crippen LogP contribution >= 0.6 is 0 Å². The van der Waals surface area contributed by atoms with Gasteiger partial charge in [0, 0.05) is 7.05 Å². The number of carbonyl (C=O) groups is 2. The molecule has 1 aliphatic heterocycles. The van der Waals surface area contributed by atoms with E-state index in [9.17, 15) is 22.4 Å². The molecule has 1 aromatic carbocycles. The van der Waals surface area contributed by atoms with Gasteiger partial charge in [-0.25, -0.2) is 17.6 Å². The molecule has 0 saturated carbocycles. The average Bonchev–Trinajstić information content (AvgIpc) is 2.68. The molecular formula is C13H15FN2O5S. The first-order valence-electron chi connectivity index (χ1n) is 6.37. The number of carbonyl (C=O) groups excluding carboxylic acids is 1. The number of carboxylic acids is 1. The number of carboxylic acid groups (broad SMARTS) is 1. The van der Waals surface area contributed by atoms with Crippen LogP contribution in [0, 0.1) is 12.7 Å². The summed E-state index contributed by atoms with van der Waals surface area (Å²) in [5.74, 6) is -3.29. The van der Waals surface area contributed by atoms with E-state index in [2.05, 4.69) is 0 Å². The first-order valence-corrected chi connectivity index (χ1v) is 7.81. The Morgan fingerprint density at radius 2 is 2.00 bits per heavy atom. The van der Waals surface area contributed by atoms with Gasteiger partial charge in [-0.2, -0.15) is 4.31 Å². The minimum Gasteiger partial charge on any atom is -0.478 e. The first kappa shape index (κ1) is 16.4. The Morgan fingerprint density at radius 1 is 1.41 bits per heavy atom. The van der Waals surface area contributed by atoms with Crippen LogP contribution < -0.4 is 0 Å². The molecule has 7 nitrogen and oxygen atoms in total. The van der Waals surface area contributed by atoms with Gasteiger partial charge >= 0.3 is 5.97 Å². The largest absolute Gasteiger partial charge is 0.478 e. The fourth-order valence-electron chi connectivity index (χ4n) is 2.33. The number of aromatic carboxylic acids is 1. The molecule has 1 amide bonds. The molecule has 1 aliphatic rings. The molecule has 0 aromatic heterocycles. The summed E-state index contributed by atoms with van der Waals surface area (Å²) in [6.07, 6.45) is 0. The lowest BCUT2D eigenvalue weighted by atomic mass is 10.1. The second-order valence-electron chi connectivity index (χ2n) is 5.18. The molecule has 22 heavy (non-hydrogen) atoms. The fraction of sp³-hybridized carbons (Fsp3) is 0.385. The van der Waals surface area contributed by atoms with Gasteiger partial charge in [-0.15, -0.1) is 0 Å². The number of benzene rings is 1. The highest BCUT2D eigenvalue weighted by molar-refractivity contribution is 7.89. The average molecular weight is 330 g/mol. The van der Waals surface area contributed by atoms with Crippen molar-refractivity contribution in [2.75, 3.05) is 13.7 Å². The Bertz CT molecular complexity index is 762.